The predicted molar refractivity (Wildman–Crippen MR) is 77.0 cm³/mol. The zero-order chi connectivity index (χ0) is 14.1. The van der Waals surface area contributed by atoms with Gasteiger partial charge < -0.3 is 4.74 Å². The molecule has 4 nitrogen and oxygen atoms in total. The van der Waals surface area contributed by atoms with Gasteiger partial charge in [0.25, 0.3) is 0 Å². The van der Waals surface area contributed by atoms with Gasteiger partial charge in [-0.3, -0.25) is 10.2 Å². The van der Waals surface area contributed by atoms with Gasteiger partial charge in [0, 0.05) is 13.5 Å². The Hall–Kier alpha value is -1.55. The van der Waals surface area contributed by atoms with Crippen LogP contribution in [-0.2, 0) is 11.2 Å². The maximum atomic E-state index is 11.2. The topological polar surface area (TPSA) is 50.4 Å². The second-order valence-electron chi connectivity index (χ2n) is 4.82. The van der Waals surface area contributed by atoms with E-state index in [2.05, 4.69) is 23.0 Å². The fraction of sp³-hybridized carbons (Fsp3) is 0.533. The summed E-state index contributed by atoms with van der Waals surface area (Å²) in [4.78, 5) is 11.2. The van der Waals surface area contributed by atoms with E-state index in [0.717, 1.165) is 25.0 Å². The molecule has 0 fully saturated rings. The molecule has 19 heavy (non-hydrogen) atoms. The number of carbonyl (C=O) groups is 1. The third-order valence-corrected chi connectivity index (χ3v) is 2.68. The molecule has 0 bridgehead atoms. The lowest BCUT2D eigenvalue weighted by atomic mass is 10.1. The molecule has 0 atom stereocenters. The Morgan fingerprint density at radius 2 is 1.89 bits per heavy atom. The van der Waals surface area contributed by atoms with Crippen LogP contribution in [-0.4, -0.2) is 19.1 Å². The van der Waals surface area contributed by atoms with Crippen molar-refractivity contribution in [1.82, 2.24) is 10.9 Å². The van der Waals surface area contributed by atoms with E-state index in [1.807, 2.05) is 26.0 Å². The van der Waals surface area contributed by atoms with Gasteiger partial charge in [-0.1, -0.05) is 12.1 Å². The second kappa shape index (κ2) is 8.53. The van der Waals surface area contributed by atoms with E-state index >= 15 is 0 Å². The average Bonchev–Trinajstić information content (AvgIpc) is 2.36. The molecule has 0 spiro atoms. The van der Waals surface area contributed by atoms with E-state index in [4.69, 9.17) is 4.74 Å². The highest BCUT2D eigenvalue weighted by atomic mass is 16.5. The van der Waals surface area contributed by atoms with Gasteiger partial charge in [-0.15, -0.1) is 0 Å². The molecule has 0 radical (unpaired) electrons. The van der Waals surface area contributed by atoms with Crippen molar-refractivity contribution < 1.29 is 9.53 Å². The molecular formula is C15H24N2O2. The predicted octanol–water partition coefficient (Wildman–Crippen LogP) is 2.44. The largest absolute Gasteiger partial charge is 0.491 e. The first-order chi connectivity index (χ1) is 9.11. The molecule has 0 aromatic heterocycles. The van der Waals surface area contributed by atoms with Crippen LogP contribution in [0.5, 0.6) is 5.75 Å². The Kier molecular flexibility index (Phi) is 6.97. The summed E-state index contributed by atoms with van der Waals surface area (Å²) < 4.78 is 5.59. The lowest BCUT2D eigenvalue weighted by molar-refractivity contribution is -0.122. The highest BCUT2D eigenvalue weighted by molar-refractivity contribution is 5.75. The van der Waals surface area contributed by atoms with E-state index in [1.54, 1.807) is 7.05 Å². The van der Waals surface area contributed by atoms with Crippen LogP contribution in [0.1, 0.15) is 38.7 Å². The van der Waals surface area contributed by atoms with Crippen LogP contribution in [0.4, 0.5) is 0 Å². The van der Waals surface area contributed by atoms with Gasteiger partial charge in [0.2, 0.25) is 5.91 Å². The second-order valence-corrected chi connectivity index (χ2v) is 4.82. The van der Waals surface area contributed by atoms with Gasteiger partial charge in [0.15, 0.2) is 0 Å². The van der Waals surface area contributed by atoms with Crippen molar-refractivity contribution in [3.8, 4) is 5.75 Å². The van der Waals surface area contributed by atoms with Gasteiger partial charge in [-0.2, -0.15) is 0 Å². The lowest BCUT2D eigenvalue weighted by Gasteiger charge is -2.10. The van der Waals surface area contributed by atoms with Crippen molar-refractivity contribution in [2.24, 2.45) is 0 Å². The smallest absolute Gasteiger partial charge is 0.234 e. The number of unbranched alkanes of at least 4 members (excludes halogenated alkanes) is 1. The Balaban J connectivity index is 2.24. The minimum absolute atomic E-state index is 0.0446. The number of ether oxygens (including phenoxy) is 1. The molecule has 1 aromatic carbocycles. The van der Waals surface area contributed by atoms with Crippen molar-refractivity contribution in [2.45, 2.75) is 45.6 Å². The number of benzene rings is 1. The number of amides is 1. The van der Waals surface area contributed by atoms with Crippen molar-refractivity contribution in [1.29, 1.82) is 0 Å². The minimum atomic E-state index is 0.0446. The van der Waals surface area contributed by atoms with E-state index in [0.29, 0.717) is 6.42 Å². The highest BCUT2D eigenvalue weighted by Gasteiger charge is 2.01. The first kappa shape index (κ1) is 15.5. The van der Waals surface area contributed by atoms with E-state index < -0.39 is 0 Å². The maximum absolute atomic E-state index is 11.2. The van der Waals surface area contributed by atoms with Gasteiger partial charge in [0.05, 0.1) is 6.10 Å². The summed E-state index contributed by atoms with van der Waals surface area (Å²) in [6.45, 7) is 4.04. The summed E-state index contributed by atoms with van der Waals surface area (Å²) in [5.74, 6) is 0.954. The van der Waals surface area contributed by atoms with E-state index in [-0.39, 0.29) is 12.0 Å². The SMILES string of the molecule is CNNC(=O)CCCCc1ccc(OC(C)C)cc1. The van der Waals surface area contributed by atoms with E-state index in [1.165, 1.54) is 5.56 Å². The number of hydrazine groups is 1. The molecular weight excluding hydrogens is 240 g/mol. The first-order valence-corrected chi connectivity index (χ1v) is 6.83. The lowest BCUT2D eigenvalue weighted by Crippen LogP contribution is -2.33. The van der Waals surface area contributed by atoms with Crippen molar-refractivity contribution in [2.75, 3.05) is 7.05 Å². The van der Waals surface area contributed by atoms with Gasteiger partial charge in [-0.25, -0.2) is 5.43 Å². The monoisotopic (exact) mass is 264 g/mol. The number of nitrogens with one attached hydrogen (secondary N) is 2. The molecule has 1 amide bonds. The molecule has 0 aliphatic carbocycles. The van der Waals surface area contributed by atoms with E-state index in [9.17, 15) is 4.79 Å². The summed E-state index contributed by atoms with van der Waals surface area (Å²) in [7, 11) is 1.69. The third kappa shape index (κ3) is 6.82. The fourth-order valence-corrected chi connectivity index (χ4v) is 1.82. The van der Waals surface area contributed by atoms with Crippen LogP contribution in [0.25, 0.3) is 0 Å². The molecule has 106 valence electrons. The molecule has 0 unspecified atom stereocenters. The summed E-state index contributed by atoms with van der Waals surface area (Å²) in [6.07, 6.45) is 3.68. The number of rotatable bonds is 8. The summed E-state index contributed by atoms with van der Waals surface area (Å²) >= 11 is 0. The highest BCUT2D eigenvalue weighted by Crippen LogP contribution is 2.15. The maximum Gasteiger partial charge on any atom is 0.234 e. The number of aryl methyl sites for hydroxylation is 1. The van der Waals surface area contributed by atoms with Gasteiger partial charge in [-0.05, 0) is 50.8 Å². The van der Waals surface area contributed by atoms with Crippen LogP contribution in [0.3, 0.4) is 0 Å². The zero-order valence-electron chi connectivity index (χ0n) is 12.0. The number of hydrogen-bond acceptors (Lipinski definition) is 3. The molecule has 0 heterocycles. The molecule has 1 rings (SSSR count). The number of hydrogen-bond donors (Lipinski definition) is 2. The van der Waals surface area contributed by atoms with Gasteiger partial charge >= 0.3 is 0 Å². The molecule has 0 saturated heterocycles. The summed E-state index contributed by atoms with van der Waals surface area (Å²) in [6, 6.07) is 8.18. The Morgan fingerprint density at radius 1 is 1.21 bits per heavy atom. The average molecular weight is 264 g/mol. The quantitative estimate of drug-likeness (QED) is 0.560. The molecule has 0 saturated carbocycles. The zero-order valence-corrected chi connectivity index (χ0v) is 12.0. The minimum Gasteiger partial charge on any atom is -0.491 e. The van der Waals surface area contributed by atoms with Crippen LogP contribution < -0.4 is 15.6 Å². The number of carbonyl (C=O) groups excluding carboxylic acids is 1. The molecule has 4 heteroatoms. The molecule has 0 aliphatic heterocycles. The Bertz CT molecular complexity index is 374. The molecule has 1 aromatic rings. The first-order valence-electron chi connectivity index (χ1n) is 6.83. The van der Waals surface area contributed by atoms with Gasteiger partial charge in [0.1, 0.15) is 5.75 Å². The Labute approximate surface area is 115 Å². The fourth-order valence-electron chi connectivity index (χ4n) is 1.82. The third-order valence-electron chi connectivity index (χ3n) is 2.68. The van der Waals surface area contributed by atoms with Crippen LogP contribution in [0.15, 0.2) is 24.3 Å². The Morgan fingerprint density at radius 3 is 2.47 bits per heavy atom. The summed E-state index contributed by atoms with van der Waals surface area (Å²) in [5.41, 5.74) is 6.48. The molecule has 0 aliphatic rings. The summed E-state index contributed by atoms with van der Waals surface area (Å²) in [5, 5.41) is 0. The standard InChI is InChI=1S/C15H24N2O2/c1-12(2)19-14-10-8-13(9-11-14)6-4-5-7-15(18)17-16-3/h8-12,16H,4-7H2,1-3H3,(H,17,18). The van der Waals surface area contributed by atoms with Crippen molar-refractivity contribution >= 4 is 5.91 Å². The van der Waals surface area contributed by atoms with Crippen molar-refractivity contribution in [3.63, 3.8) is 0 Å². The van der Waals surface area contributed by atoms with Crippen LogP contribution >= 0.6 is 0 Å². The van der Waals surface area contributed by atoms with Crippen LogP contribution in [0, 0.1) is 0 Å². The van der Waals surface area contributed by atoms with Crippen molar-refractivity contribution in [3.05, 3.63) is 29.8 Å². The molecule has 2 N–H and O–H groups in total. The van der Waals surface area contributed by atoms with Crippen LogP contribution in [0.2, 0.25) is 0 Å². The normalized spacial score (nSPS) is 10.5.